The summed E-state index contributed by atoms with van der Waals surface area (Å²) in [4.78, 5) is 32.8. The van der Waals surface area contributed by atoms with Gasteiger partial charge in [0.05, 0.1) is 18.2 Å². The van der Waals surface area contributed by atoms with Crippen LogP contribution in [0, 0.1) is 6.92 Å². The second-order valence-electron chi connectivity index (χ2n) is 7.99. The maximum atomic E-state index is 11.6. The Kier molecular flexibility index (Phi) is 7.36. The molecule has 1 fully saturated rings. The molecule has 0 atom stereocenters. The van der Waals surface area contributed by atoms with Gasteiger partial charge in [0.1, 0.15) is 17.7 Å². The maximum absolute atomic E-state index is 11.6. The lowest BCUT2D eigenvalue weighted by atomic mass is 10.1. The summed E-state index contributed by atoms with van der Waals surface area (Å²) in [5.41, 5.74) is 7.20. The van der Waals surface area contributed by atoms with Crippen LogP contribution in [0.15, 0.2) is 18.5 Å². The number of hydrogen-bond acceptors (Lipinski definition) is 7. The van der Waals surface area contributed by atoms with Crippen molar-refractivity contribution in [3.8, 4) is 0 Å². The summed E-state index contributed by atoms with van der Waals surface area (Å²) in [6.45, 7) is 9.28. The minimum absolute atomic E-state index is 0.160. The number of amides is 1. The lowest BCUT2D eigenvalue weighted by molar-refractivity contribution is 0.0215. The van der Waals surface area contributed by atoms with Crippen LogP contribution in [-0.2, 0) is 9.47 Å². The summed E-state index contributed by atoms with van der Waals surface area (Å²) in [7, 11) is 1.33. The van der Waals surface area contributed by atoms with E-state index >= 15 is 0 Å². The third-order valence-corrected chi connectivity index (χ3v) is 4.33. The van der Waals surface area contributed by atoms with Crippen molar-refractivity contribution >= 4 is 28.8 Å². The number of anilines is 1. The third kappa shape index (κ3) is 6.30. The smallest absolute Gasteiger partial charge is 0.410 e. The summed E-state index contributed by atoms with van der Waals surface area (Å²) in [6.07, 6.45) is 4.63. The van der Waals surface area contributed by atoms with Gasteiger partial charge < -0.3 is 20.1 Å². The van der Waals surface area contributed by atoms with Crippen LogP contribution in [-0.4, -0.2) is 52.7 Å². The van der Waals surface area contributed by atoms with Crippen molar-refractivity contribution < 1.29 is 19.1 Å². The van der Waals surface area contributed by atoms with E-state index in [-0.39, 0.29) is 11.7 Å². The van der Waals surface area contributed by atoms with Gasteiger partial charge >= 0.3 is 12.1 Å². The van der Waals surface area contributed by atoms with E-state index in [2.05, 4.69) is 9.97 Å². The number of methoxy groups -OCH3 is 1. The number of rotatable bonds is 1. The molecule has 8 heteroatoms. The van der Waals surface area contributed by atoms with Crippen molar-refractivity contribution in [2.75, 3.05) is 25.9 Å². The second-order valence-corrected chi connectivity index (χ2v) is 7.99. The van der Waals surface area contributed by atoms with Crippen LogP contribution >= 0.6 is 0 Å². The quantitative estimate of drug-likeness (QED) is 0.724. The topological polar surface area (TPSA) is 108 Å². The number of esters is 1. The number of nitrogen functional groups attached to an aromatic ring is 1. The van der Waals surface area contributed by atoms with Gasteiger partial charge in [-0.05, 0) is 64.7 Å². The highest BCUT2D eigenvalue weighted by Crippen LogP contribution is 2.22. The van der Waals surface area contributed by atoms with Gasteiger partial charge in [0, 0.05) is 18.5 Å². The number of aromatic nitrogens is 2. The molecule has 29 heavy (non-hydrogen) atoms. The second kappa shape index (κ2) is 9.54. The number of carbonyl (C=O) groups is 2. The maximum Gasteiger partial charge on any atom is 0.410 e. The summed E-state index contributed by atoms with van der Waals surface area (Å²) >= 11 is 0. The summed E-state index contributed by atoms with van der Waals surface area (Å²) < 4.78 is 9.96. The van der Waals surface area contributed by atoms with E-state index in [4.69, 9.17) is 15.2 Å². The van der Waals surface area contributed by atoms with Crippen molar-refractivity contribution in [3.63, 3.8) is 0 Å². The highest BCUT2D eigenvalue weighted by Gasteiger charge is 2.23. The number of nitrogens with two attached hydrogens (primary N) is 1. The fraction of sp³-hybridized carbons (Fsp3) is 0.524. The van der Waals surface area contributed by atoms with Crippen molar-refractivity contribution in [3.05, 3.63) is 29.6 Å². The van der Waals surface area contributed by atoms with Crippen LogP contribution in [0.5, 0.6) is 0 Å². The summed E-state index contributed by atoms with van der Waals surface area (Å²) in [5.74, 6) is -0.0642. The average Bonchev–Trinajstić information content (AvgIpc) is 2.67. The Labute approximate surface area is 171 Å². The molecule has 2 heterocycles. The largest absolute Gasteiger partial charge is 0.465 e. The Morgan fingerprint density at radius 3 is 2.34 bits per heavy atom. The lowest BCUT2D eigenvalue weighted by Gasteiger charge is -2.29. The first-order chi connectivity index (χ1) is 13.6. The van der Waals surface area contributed by atoms with E-state index < -0.39 is 5.97 Å². The van der Waals surface area contributed by atoms with Crippen molar-refractivity contribution in [2.24, 2.45) is 0 Å². The molecule has 0 bridgehead atoms. The molecule has 1 aliphatic heterocycles. The number of fused-ring (bicyclic) bond motifs is 1. The van der Waals surface area contributed by atoms with E-state index in [1.54, 1.807) is 11.0 Å². The van der Waals surface area contributed by atoms with Crippen molar-refractivity contribution in [1.82, 2.24) is 14.9 Å². The number of benzene rings is 1. The van der Waals surface area contributed by atoms with Crippen LogP contribution in [0.3, 0.4) is 0 Å². The van der Waals surface area contributed by atoms with E-state index in [0.717, 1.165) is 31.5 Å². The standard InChI is InChI=1S/C11H11N3O2.C10H19NO2/c1-6-3-7-9(13-5-14-10(7)12)8(4-6)11(15)16-2;1-10(2,3)13-9(12)11-7-5-4-6-8-11/h3-5H,1-2H3,(H2,12,13,14);4-8H2,1-3H3. The molecule has 158 valence electrons. The average molecular weight is 402 g/mol. The Morgan fingerprint density at radius 1 is 1.10 bits per heavy atom. The van der Waals surface area contributed by atoms with Gasteiger partial charge in [-0.1, -0.05) is 0 Å². The molecular weight excluding hydrogens is 372 g/mol. The van der Waals surface area contributed by atoms with Crippen LogP contribution < -0.4 is 5.73 Å². The van der Waals surface area contributed by atoms with Gasteiger partial charge in [-0.15, -0.1) is 0 Å². The van der Waals surface area contributed by atoms with Crippen molar-refractivity contribution in [2.45, 2.75) is 52.6 Å². The molecule has 0 unspecified atom stereocenters. The summed E-state index contributed by atoms with van der Waals surface area (Å²) in [5, 5.41) is 0.669. The van der Waals surface area contributed by atoms with E-state index in [1.165, 1.54) is 19.9 Å². The predicted molar refractivity (Wildman–Crippen MR) is 112 cm³/mol. The molecule has 1 aliphatic rings. The minimum Gasteiger partial charge on any atom is -0.465 e. The molecule has 2 aromatic rings. The first kappa shape index (κ1) is 22.4. The van der Waals surface area contributed by atoms with Gasteiger partial charge in [0.15, 0.2) is 0 Å². The molecule has 0 radical (unpaired) electrons. The molecule has 0 saturated carbocycles. The molecule has 0 spiro atoms. The Balaban J connectivity index is 0.000000212. The zero-order chi connectivity index (χ0) is 21.6. The molecular formula is C21H30N4O4. The monoisotopic (exact) mass is 402 g/mol. The van der Waals surface area contributed by atoms with Gasteiger partial charge in [-0.2, -0.15) is 0 Å². The third-order valence-electron chi connectivity index (χ3n) is 4.33. The lowest BCUT2D eigenvalue weighted by Crippen LogP contribution is -2.39. The van der Waals surface area contributed by atoms with Crippen LogP contribution in [0.1, 0.15) is 56.0 Å². The fourth-order valence-electron chi connectivity index (χ4n) is 3.00. The number of ether oxygens (including phenoxy) is 2. The molecule has 8 nitrogen and oxygen atoms in total. The highest BCUT2D eigenvalue weighted by atomic mass is 16.6. The van der Waals surface area contributed by atoms with Gasteiger partial charge in [0.25, 0.3) is 0 Å². The van der Waals surface area contributed by atoms with E-state index in [9.17, 15) is 9.59 Å². The Bertz CT molecular complexity index is 871. The van der Waals surface area contributed by atoms with Crippen LogP contribution in [0.4, 0.5) is 10.6 Å². The molecule has 1 aromatic carbocycles. The molecule has 2 N–H and O–H groups in total. The zero-order valence-corrected chi connectivity index (χ0v) is 17.8. The molecule has 3 rings (SSSR count). The Morgan fingerprint density at radius 2 is 1.76 bits per heavy atom. The molecule has 1 saturated heterocycles. The SMILES string of the molecule is CC(C)(C)OC(=O)N1CCCCC1.COC(=O)c1cc(C)cc2c(N)ncnc12. The van der Waals surface area contributed by atoms with Gasteiger partial charge in [0.2, 0.25) is 0 Å². The highest BCUT2D eigenvalue weighted by molar-refractivity contribution is 6.05. The van der Waals surface area contributed by atoms with Crippen LogP contribution in [0.25, 0.3) is 10.9 Å². The first-order valence-corrected chi connectivity index (χ1v) is 9.69. The number of nitrogens with zero attached hydrogens (tertiary/aromatic N) is 3. The normalized spacial score (nSPS) is 14.0. The number of likely N-dealkylation sites (tertiary alicyclic amines) is 1. The fourth-order valence-corrected chi connectivity index (χ4v) is 3.00. The van der Waals surface area contributed by atoms with Gasteiger partial charge in [-0.25, -0.2) is 19.6 Å². The van der Waals surface area contributed by atoms with E-state index in [0.29, 0.717) is 22.3 Å². The number of hydrogen-bond donors (Lipinski definition) is 1. The van der Waals surface area contributed by atoms with Crippen LogP contribution in [0.2, 0.25) is 0 Å². The first-order valence-electron chi connectivity index (χ1n) is 9.69. The van der Waals surface area contributed by atoms with E-state index in [1.807, 2.05) is 33.8 Å². The number of aryl methyl sites for hydroxylation is 1. The minimum atomic E-state index is -0.424. The molecule has 1 amide bonds. The van der Waals surface area contributed by atoms with Crippen molar-refractivity contribution in [1.29, 1.82) is 0 Å². The zero-order valence-electron chi connectivity index (χ0n) is 17.8. The number of piperidine rings is 1. The molecule has 1 aromatic heterocycles. The van der Waals surface area contributed by atoms with Gasteiger partial charge in [-0.3, -0.25) is 0 Å². The predicted octanol–water partition coefficient (Wildman–Crippen LogP) is 3.71. The summed E-state index contributed by atoms with van der Waals surface area (Å²) in [6, 6.07) is 3.57. The number of carbonyl (C=O) groups excluding carboxylic acids is 2. The Hall–Kier alpha value is -2.90. The molecule has 0 aliphatic carbocycles.